The highest BCUT2D eigenvalue weighted by atomic mass is 16.2. The summed E-state index contributed by atoms with van der Waals surface area (Å²) in [5.74, 6) is -0.0472. The fourth-order valence-electron chi connectivity index (χ4n) is 1.40. The van der Waals surface area contributed by atoms with Gasteiger partial charge in [0, 0.05) is 26.7 Å². The van der Waals surface area contributed by atoms with Gasteiger partial charge in [0.05, 0.1) is 5.69 Å². The maximum absolute atomic E-state index is 11.8. The molecule has 0 radical (unpaired) electrons. The number of nitrogens with zero attached hydrogens (tertiary/aromatic N) is 2. The summed E-state index contributed by atoms with van der Waals surface area (Å²) in [6, 6.07) is 6.92. The number of amidine groups is 1. The average molecular weight is 220 g/mol. The number of nitrogens with one attached hydrogen (secondary N) is 1. The molecule has 0 atom stereocenters. The van der Waals surface area contributed by atoms with Crippen molar-refractivity contribution in [3.8, 4) is 0 Å². The van der Waals surface area contributed by atoms with E-state index in [1.54, 1.807) is 45.4 Å². The van der Waals surface area contributed by atoms with Gasteiger partial charge in [-0.25, -0.2) is 4.79 Å². The predicted octanol–water partition coefficient (Wildman–Crippen LogP) is 1.09. The number of anilines is 1. The van der Waals surface area contributed by atoms with E-state index < -0.39 is 0 Å². The Morgan fingerprint density at radius 3 is 2.31 bits per heavy atom. The Morgan fingerprint density at radius 2 is 1.81 bits per heavy atom. The van der Waals surface area contributed by atoms with Crippen LogP contribution in [0.2, 0.25) is 0 Å². The Hall–Kier alpha value is -2.04. The smallest absolute Gasteiger partial charge is 0.323 e. The summed E-state index contributed by atoms with van der Waals surface area (Å²) in [4.78, 5) is 14.7. The molecule has 2 amide bonds. The predicted molar refractivity (Wildman–Crippen MR) is 64.9 cm³/mol. The van der Waals surface area contributed by atoms with Crippen molar-refractivity contribution in [1.82, 2.24) is 4.90 Å². The molecule has 5 nitrogen and oxygen atoms in total. The van der Waals surface area contributed by atoms with Gasteiger partial charge in [-0.15, -0.1) is 0 Å². The third-order valence-electron chi connectivity index (χ3n) is 2.23. The molecule has 0 aliphatic rings. The van der Waals surface area contributed by atoms with Crippen molar-refractivity contribution in [1.29, 1.82) is 5.41 Å². The highest BCUT2D eigenvalue weighted by Crippen LogP contribution is 2.19. The van der Waals surface area contributed by atoms with Gasteiger partial charge < -0.3 is 10.6 Å². The standard InChI is InChI=1S/C11H16N4O/c1-14(2)11(16)15(3)9-7-5-4-6-8(9)10(12)13/h4-7H,1-3H3,(H3,12,13). The van der Waals surface area contributed by atoms with Crippen LogP contribution in [0.4, 0.5) is 10.5 Å². The van der Waals surface area contributed by atoms with Gasteiger partial charge >= 0.3 is 6.03 Å². The molecule has 0 fully saturated rings. The first-order chi connectivity index (χ1) is 7.45. The molecule has 1 aromatic rings. The molecule has 0 saturated carbocycles. The van der Waals surface area contributed by atoms with Crippen LogP contribution in [0.3, 0.4) is 0 Å². The molecule has 0 unspecified atom stereocenters. The average Bonchev–Trinajstić information content (AvgIpc) is 2.26. The SMILES string of the molecule is CN(C)C(=O)N(C)c1ccccc1C(=N)N. The Labute approximate surface area is 95.0 Å². The van der Waals surface area contributed by atoms with Crippen LogP contribution < -0.4 is 10.6 Å². The number of hydrogen-bond acceptors (Lipinski definition) is 2. The van der Waals surface area contributed by atoms with Gasteiger partial charge in [0.2, 0.25) is 0 Å². The molecule has 16 heavy (non-hydrogen) atoms. The largest absolute Gasteiger partial charge is 0.384 e. The molecule has 3 N–H and O–H groups in total. The quantitative estimate of drug-likeness (QED) is 0.578. The molecule has 0 aromatic heterocycles. The van der Waals surface area contributed by atoms with Crippen LogP contribution in [0, 0.1) is 5.41 Å². The van der Waals surface area contributed by atoms with E-state index in [9.17, 15) is 4.79 Å². The summed E-state index contributed by atoms with van der Waals surface area (Å²) in [6.07, 6.45) is 0. The van der Waals surface area contributed by atoms with Gasteiger partial charge in [-0.1, -0.05) is 12.1 Å². The number of urea groups is 1. The Bertz CT molecular complexity index is 414. The van der Waals surface area contributed by atoms with Crippen LogP contribution in [-0.2, 0) is 0 Å². The number of carbonyl (C=O) groups excluding carboxylic acids is 1. The van der Waals surface area contributed by atoms with Crippen LogP contribution in [0.1, 0.15) is 5.56 Å². The van der Waals surface area contributed by atoms with Crippen LogP contribution in [0.25, 0.3) is 0 Å². The highest BCUT2D eigenvalue weighted by Gasteiger charge is 2.16. The fourth-order valence-corrected chi connectivity index (χ4v) is 1.40. The maximum atomic E-state index is 11.8. The fraction of sp³-hybridized carbons (Fsp3) is 0.273. The summed E-state index contributed by atoms with van der Waals surface area (Å²) < 4.78 is 0. The highest BCUT2D eigenvalue weighted by molar-refractivity contribution is 6.04. The summed E-state index contributed by atoms with van der Waals surface area (Å²) in [5.41, 5.74) is 6.65. The van der Waals surface area contributed by atoms with Gasteiger partial charge in [0.15, 0.2) is 0 Å². The molecule has 0 bridgehead atoms. The van der Waals surface area contributed by atoms with E-state index in [0.717, 1.165) is 0 Å². The number of hydrogen-bond donors (Lipinski definition) is 2. The number of nitrogens with two attached hydrogens (primary N) is 1. The lowest BCUT2D eigenvalue weighted by Crippen LogP contribution is -2.37. The van der Waals surface area contributed by atoms with E-state index in [2.05, 4.69) is 0 Å². The molecular weight excluding hydrogens is 204 g/mol. The van der Waals surface area contributed by atoms with Crippen LogP contribution in [-0.4, -0.2) is 37.9 Å². The molecule has 5 heteroatoms. The summed E-state index contributed by atoms with van der Waals surface area (Å²) >= 11 is 0. The van der Waals surface area contributed by atoms with Gasteiger partial charge in [0.1, 0.15) is 5.84 Å². The van der Waals surface area contributed by atoms with Crippen molar-refractivity contribution < 1.29 is 4.79 Å². The van der Waals surface area contributed by atoms with Gasteiger partial charge in [-0.3, -0.25) is 10.3 Å². The normalized spacial score (nSPS) is 9.69. The minimum absolute atomic E-state index is 0.0472. The zero-order chi connectivity index (χ0) is 12.3. The zero-order valence-electron chi connectivity index (χ0n) is 9.69. The van der Waals surface area contributed by atoms with Gasteiger partial charge in [-0.05, 0) is 12.1 Å². The number of benzene rings is 1. The number of para-hydroxylation sites is 1. The minimum Gasteiger partial charge on any atom is -0.384 e. The number of rotatable bonds is 2. The molecule has 1 aromatic carbocycles. The molecular formula is C11H16N4O. The topological polar surface area (TPSA) is 73.4 Å². The van der Waals surface area contributed by atoms with Gasteiger partial charge in [0.25, 0.3) is 0 Å². The Morgan fingerprint density at radius 1 is 1.25 bits per heavy atom. The van der Waals surface area contributed by atoms with E-state index in [1.807, 2.05) is 0 Å². The third kappa shape index (κ3) is 2.31. The van der Waals surface area contributed by atoms with Crippen LogP contribution >= 0.6 is 0 Å². The second kappa shape index (κ2) is 4.65. The maximum Gasteiger partial charge on any atom is 0.323 e. The first kappa shape index (κ1) is 12.0. The number of amides is 2. The summed E-state index contributed by atoms with van der Waals surface area (Å²) in [6.45, 7) is 0. The van der Waals surface area contributed by atoms with Gasteiger partial charge in [-0.2, -0.15) is 0 Å². The summed E-state index contributed by atoms with van der Waals surface area (Å²) in [5, 5.41) is 7.44. The first-order valence-corrected chi connectivity index (χ1v) is 4.83. The Kier molecular flexibility index (Phi) is 3.50. The molecule has 0 aliphatic heterocycles. The molecule has 1 rings (SSSR count). The van der Waals surface area contributed by atoms with Crippen molar-refractivity contribution in [3.63, 3.8) is 0 Å². The van der Waals surface area contributed by atoms with Crippen molar-refractivity contribution >= 4 is 17.6 Å². The monoisotopic (exact) mass is 220 g/mol. The van der Waals surface area contributed by atoms with E-state index in [4.69, 9.17) is 11.1 Å². The van der Waals surface area contributed by atoms with Crippen LogP contribution in [0.15, 0.2) is 24.3 Å². The molecule has 0 aliphatic carbocycles. The minimum atomic E-state index is -0.159. The van der Waals surface area contributed by atoms with Crippen LogP contribution in [0.5, 0.6) is 0 Å². The number of nitrogen functional groups attached to an aromatic ring is 1. The van der Waals surface area contributed by atoms with Crippen molar-refractivity contribution in [2.75, 3.05) is 26.0 Å². The van der Waals surface area contributed by atoms with E-state index in [-0.39, 0.29) is 11.9 Å². The first-order valence-electron chi connectivity index (χ1n) is 4.83. The van der Waals surface area contributed by atoms with E-state index in [1.165, 1.54) is 9.80 Å². The van der Waals surface area contributed by atoms with E-state index in [0.29, 0.717) is 11.3 Å². The lowest BCUT2D eigenvalue weighted by Gasteiger charge is -2.23. The molecule has 0 saturated heterocycles. The molecule has 86 valence electrons. The van der Waals surface area contributed by atoms with Crippen molar-refractivity contribution in [2.24, 2.45) is 5.73 Å². The second-order valence-corrected chi connectivity index (χ2v) is 3.67. The van der Waals surface area contributed by atoms with Crippen molar-refractivity contribution in [2.45, 2.75) is 0 Å². The Balaban J connectivity index is 3.13. The lowest BCUT2D eigenvalue weighted by molar-refractivity contribution is 0.225. The zero-order valence-corrected chi connectivity index (χ0v) is 9.69. The lowest BCUT2D eigenvalue weighted by atomic mass is 10.1. The van der Waals surface area contributed by atoms with Crippen molar-refractivity contribution in [3.05, 3.63) is 29.8 Å². The molecule has 0 heterocycles. The number of carbonyl (C=O) groups is 1. The second-order valence-electron chi connectivity index (χ2n) is 3.67. The van der Waals surface area contributed by atoms with E-state index >= 15 is 0 Å². The molecule has 0 spiro atoms. The third-order valence-corrected chi connectivity index (χ3v) is 2.23. The summed E-state index contributed by atoms with van der Waals surface area (Å²) in [7, 11) is 5.01.